The van der Waals surface area contributed by atoms with Crippen LogP contribution in [-0.2, 0) is 0 Å². The molecule has 1 fully saturated rings. The zero-order chi connectivity index (χ0) is 16.6. The van der Waals surface area contributed by atoms with Crippen molar-refractivity contribution in [3.05, 3.63) is 44.7 Å². The number of carbonyl (C=O) groups excluding carboxylic acids is 1. The topological polar surface area (TPSA) is 62.0 Å². The SMILES string of the molecule is C[C@@H]1[C@H](C)CCC[C@H]1NC(=O)c1cc(=O)[nH]c2ccc(Br)cc12. The minimum atomic E-state index is -0.255. The van der Waals surface area contributed by atoms with E-state index in [1.807, 2.05) is 18.2 Å². The highest BCUT2D eigenvalue weighted by Crippen LogP contribution is 2.30. The van der Waals surface area contributed by atoms with Crippen LogP contribution < -0.4 is 10.9 Å². The van der Waals surface area contributed by atoms with Gasteiger partial charge in [-0.05, 0) is 36.5 Å². The summed E-state index contributed by atoms with van der Waals surface area (Å²) in [6.45, 7) is 4.43. The standard InChI is InChI=1S/C18H21BrN2O2/c1-10-4-3-5-15(11(10)2)21-18(23)14-9-17(22)20-16-7-6-12(19)8-13(14)16/h6-11,15H,3-5H2,1-2H3,(H,20,22)(H,21,23)/t10-,11-,15-/m1/s1. The molecule has 0 spiro atoms. The van der Waals surface area contributed by atoms with Crippen molar-refractivity contribution in [2.75, 3.05) is 0 Å². The van der Waals surface area contributed by atoms with Gasteiger partial charge in [0.15, 0.2) is 0 Å². The molecule has 1 aromatic carbocycles. The number of pyridine rings is 1. The van der Waals surface area contributed by atoms with Crippen LogP contribution in [0, 0.1) is 11.8 Å². The van der Waals surface area contributed by atoms with Gasteiger partial charge in [0.25, 0.3) is 5.91 Å². The number of nitrogens with one attached hydrogen (secondary N) is 2. The zero-order valence-corrected chi connectivity index (χ0v) is 14.9. The van der Waals surface area contributed by atoms with E-state index < -0.39 is 0 Å². The molecule has 0 aliphatic heterocycles. The molecule has 1 amide bonds. The lowest BCUT2D eigenvalue weighted by Gasteiger charge is -2.34. The van der Waals surface area contributed by atoms with E-state index >= 15 is 0 Å². The van der Waals surface area contributed by atoms with Crippen molar-refractivity contribution in [3.63, 3.8) is 0 Å². The van der Waals surface area contributed by atoms with Crippen molar-refractivity contribution in [3.8, 4) is 0 Å². The van der Waals surface area contributed by atoms with E-state index in [1.165, 1.54) is 12.5 Å². The van der Waals surface area contributed by atoms with E-state index in [1.54, 1.807) is 0 Å². The van der Waals surface area contributed by atoms with Crippen LogP contribution in [0.3, 0.4) is 0 Å². The molecular formula is C18H21BrN2O2. The Bertz CT molecular complexity index is 799. The van der Waals surface area contributed by atoms with Crippen molar-refractivity contribution in [1.82, 2.24) is 10.3 Å². The van der Waals surface area contributed by atoms with Crippen LogP contribution in [-0.4, -0.2) is 16.9 Å². The summed E-state index contributed by atoms with van der Waals surface area (Å²) in [6.07, 6.45) is 3.36. The minimum absolute atomic E-state index is 0.162. The number of amides is 1. The molecule has 5 heteroatoms. The predicted octanol–water partition coefficient (Wildman–Crippen LogP) is 3.85. The Morgan fingerprint density at radius 2 is 2.04 bits per heavy atom. The Hall–Kier alpha value is -1.62. The number of rotatable bonds is 2. The van der Waals surface area contributed by atoms with Gasteiger partial charge in [-0.2, -0.15) is 0 Å². The lowest BCUT2D eigenvalue weighted by molar-refractivity contribution is 0.0892. The average Bonchev–Trinajstić information content (AvgIpc) is 2.51. The summed E-state index contributed by atoms with van der Waals surface area (Å²) in [5.41, 5.74) is 0.862. The van der Waals surface area contributed by atoms with Crippen LogP contribution in [0.5, 0.6) is 0 Å². The monoisotopic (exact) mass is 376 g/mol. The van der Waals surface area contributed by atoms with Crippen LogP contribution in [0.25, 0.3) is 10.9 Å². The van der Waals surface area contributed by atoms with Crippen molar-refractivity contribution >= 4 is 32.7 Å². The Balaban J connectivity index is 1.94. The van der Waals surface area contributed by atoms with Crippen molar-refractivity contribution in [2.24, 2.45) is 11.8 Å². The van der Waals surface area contributed by atoms with E-state index in [4.69, 9.17) is 0 Å². The van der Waals surface area contributed by atoms with Gasteiger partial charge in [0.05, 0.1) is 5.56 Å². The number of carbonyl (C=O) groups is 1. The first-order chi connectivity index (χ1) is 11.0. The van der Waals surface area contributed by atoms with Crippen molar-refractivity contribution < 1.29 is 4.79 Å². The molecule has 2 aromatic rings. The molecule has 0 saturated heterocycles. The summed E-state index contributed by atoms with van der Waals surface area (Å²) >= 11 is 3.43. The Labute approximate surface area is 143 Å². The number of hydrogen-bond donors (Lipinski definition) is 2. The van der Waals surface area contributed by atoms with E-state index in [-0.39, 0.29) is 17.5 Å². The van der Waals surface area contributed by atoms with Gasteiger partial charge in [0.2, 0.25) is 5.56 Å². The third-order valence-corrected chi connectivity index (χ3v) is 5.57. The van der Waals surface area contributed by atoms with Gasteiger partial charge < -0.3 is 10.3 Å². The molecule has 0 bridgehead atoms. The van der Waals surface area contributed by atoms with Gasteiger partial charge in [-0.1, -0.05) is 42.6 Å². The summed E-state index contributed by atoms with van der Waals surface area (Å²) in [5.74, 6) is 0.900. The Morgan fingerprint density at radius 1 is 1.26 bits per heavy atom. The number of benzene rings is 1. The Kier molecular flexibility index (Phi) is 4.57. The van der Waals surface area contributed by atoms with E-state index in [0.717, 1.165) is 22.7 Å². The Morgan fingerprint density at radius 3 is 2.83 bits per heavy atom. The van der Waals surface area contributed by atoms with E-state index in [9.17, 15) is 9.59 Å². The molecule has 1 aromatic heterocycles. The zero-order valence-electron chi connectivity index (χ0n) is 13.4. The first-order valence-electron chi connectivity index (χ1n) is 8.09. The maximum Gasteiger partial charge on any atom is 0.252 e. The second kappa shape index (κ2) is 6.48. The number of H-pyrrole nitrogens is 1. The molecule has 1 heterocycles. The molecule has 0 radical (unpaired) electrons. The third kappa shape index (κ3) is 3.34. The quantitative estimate of drug-likeness (QED) is 0.835. The van der Waals surface area contributed by atoms with Crippen LogP contribution >= 0.6 is 15.9 Å². The molecule has 2 N–H and O–H groups in total. The maximum atomic E-state index is 12.8. The first kappa shape index (κ1) is 16.2. The summed E-state index contributed by atoms with van der Waals surface area (Å²) in [4.78, 5) is 27.4. The molecule has 0 unspecified atom stereocenters. The number of halogens is 1. The van der Waals surface area contributed by atoms with Crippen LogP contribution in [0.1, 0.15) is 43.5 Å². The smallest absolute Gasteiger partial charge is 0.252 e. The molecule has 1 saturated carbocycles. The fourth-order valence-corrected chi connectivity index (χ4v) is 3.81. The molecule has 122 valence electrons. The molecule has 3 atom stereocenters. The van der Waals surface area contributed by atoms with Crippen LogP contribution in [0.4, 0.5) is 0 Å². The lowest BCUT2D eigenvalue weighted by atomic mass is 9.78. The van der Waals surface area contributed by atoms with Gasteiger partial charge >= 0.3 is 0 Å². The summed E-state index contributed by atoms with van der Waals surface area (Å²) < 4.78 is 0.880. The summed E-state index contributed by atoms with van der Waals surface area (Å²) in [6, 6.07) is 7.09. The van der Waals surface area contributed by atoms with E-state index in [2.05, 4.69) is 40.1 Å². The highest BCUT2D eigenvalue weighted by atomic mass is 79.9. The third-order valence-electron chi connectivity index (χ3n) is 5.07. The number of fused-ring (bicyclic) bond motifs is 1. The minimum Gasteiger partial charge on any atom is -0.349 e. The first-order valence-corrected chi connectivity index (χ1v) is 8.88. The fourth-order valence-electron chi connectivity index (χ4n) is 3.45. The second-order valence-corrected chi connectivity index (χ2v) is 7.50. The molecule has 1 aliphatic carbocycles. The molecule has 1 aliphatic rings. The summed E-state index contributed by atoms with van der Waals surface area (Å²) in [5, 5.41) is 3.90. The largest absolute Gasteiger partial charge is 0.349 e. The molecule has 23 heavy (non-hydrogen) atoms. The number of hydrogen-bond acceptors (Lipinski definition) is 2. The number of aromatic nitrogens is 1. The van der Waals surface area contributed by atoms with Gasteiger partial charge in [0, 0.05) is 27.5 Å². The highest BCUT2D eigenvalue weighted by molar-refractivity contribution is 9.10. The van der Waals surface area contributed by atoms with Crippen molar-refractivity contribution in [2.45, 2.75) is 39.2 Å². The lowest BCUT2D eigenvalue weighted by Crippen LogP contribution is -2.43. The number of aromatic amines is 1. The van der Waals surface area contributed by atoms with Crippen molar-refractivity contribution in [1.29, 1.82) is 0 Å². The van der Waals surface area contributed by atoms with Crippen LogP contribution in [0.15, 0.2) is 33.5 Å². The maximum absolute atomic E-state index is 12.8. The molecular weight excluding hydrogens is 356 g/mol. The van der Waals surface area contributed by atoms with Gasteiger partial charge in [-0.25, -0.2) is 0 Å². The predicted molar refractivity (Wildman–Crippen MR) is 95.7 cm³/mol. The fraction of sp³-hybridized carbons (Fsp3) is 0.444. The highest BCUT2D eigenvalue weighted by Gasteiger charge is 2.28. The van der Waals surface area contributed by atoms with Gasteiger partial charge in [-0.3, -0.25) is 9.59 Å². The molecule has 4 nitrogen and oxygen atoms in total. The molecule has 3 rings (SSSR count). The van der Waals surface area contributed by atoms with E-state index in [0.29, 0.717) is 22.9 Å². The van der Waals surface area contributed by atoms with Gasteiger partial charge in [0.1, 0.15) is 0 Å². The van der Waals surface area contributed by atoms with Gasteiger partial charge in [-0.15, -0.1) is 0 Å². The normalized spacial score (nSPS) is 24.6. The summed E-state index contributed by atoms with van der Waals surface area (Å²) in [7, 11) is 0. The average molecular weight is 377 g/mol. The second-order valence-electron chi connectivity index (χ2n) is 6.58. The van der Waals surface area contributed by atoms with Crippen LogP contribution in [0.2, 0.25) is 0 Å².